The summed E-state index contributed by atoms with van der Waals surface area (Å²) < 4.78 is 10.2. The van der Waals surface area contributed by atoms with Crippen LogP contribution in [-0.4, -0.2) is 30.5 Å². The Kier molecular flexibility index (Phi) is 4.53. The molecule has 0 fully saturated rings. The van der Waals surface area contributed by atoms with Crippen molar-refractivity contribution in [2.45, 2.75) is 0 Å². The van der Waals surface area contributed by atoms with E-state index in [2.05, 4.69) is 4.98 Å². The number of halogens is 1. The van der Waals surface area contributed by atoms with Gasteiger partial charge in [-0.05, 0) is 24.3 Å². The van der Waals surface area contributed by atoms with E-state index < -0.39 is 5.97 Å². The highest BCUT2D eigenvalue weighted by molar-refractivity contribution is 6.31. The first-order chi connectivity index (χ1) is 11.6. The lowest BCUT2D eigenvalue weighted by Gasteiger charge is -2.08. The average Bonchev–Trinajstić information content (AvgIpc) is 3.03. The third-order valence-electron chi connectivity index (χ3n) is 3.61. The second-order valence-electron chi connectivity index (χ2n) is 5.09. The fourth-order valence-corrected chi connectivity index (χ4v) is 2.60. The minimum Gasteiger partial charge on any atom is -0.496 e. The molecular formula is C18H14ClNO4. The Balaban J connectivity index is 1.75. The molecule has 0 unspecified atom stereocenters. The first kappa shape index (κ1) is 16.1. The van der Waals surface area contributed by atoms with Gasteiger partial charge in [-0.25, -0.2) is 4.79 Å². The van der Waals surface area contributed by atoms with Crippen LogP contribution in [0.4, 0.5) is 0 Å². The van der Waals surface area contributed by atoms with Crippen LogP contribution in [0.2, 0.25) is 5.02 Å². The molecule has 0 bridgehead atoms. The summed E-state index contributed by atoms with van der Waals surface area (Å²) in [6, 6.07) is 12.0. The number of Topliss-reactive ketones (excluding diaryl/α,β-unsaturated/α-hetero) is 1. The highest BCUT2D eigenvalue weighted by atomic mass is 35.5. The summed E-state index contributed by atoms with van der Waals surface area (Å²) in [5.74, 6) is -0.617. The number of carbonyl (C=O) groups excluding carboxylic acids is 2. The fourth-order valence-electron chi connectivity index (χ4n) is 2.43. The lowest BCUT2D eigenvalue weighted by Crippen LogP contribution is -2.14. The van der Waals surface area contributed by atoms with E-state index in [9.17, 15) is 9.59 Å². The summed E-state index contributed by atoms with van der Waals surface area (Å²) in [7, 11) is 1.44. The van der Waals surface area contributed by atoms with Crippen molar-refractivity contribution in [3.05, 3.63) is 64.8 Å². The minimum atomic E-state index is -0.664. The van der Waals surface area contributed by atoms with Crippen molar-refractivity contribution in [2.75, 3.05) is 13.7 Å². The van der Waals surface area contributed by atoms with Gasteiger partial charge in [0.25, 0.3) is 0 Å². The predicted octanol–water partition coefficient (Wildman–Crippen LogP) is 3.87. The molecule has 1 N–H and O–H groups in total. The number of esters is 1. The molecule has 0 amide bonds. The van der Waals surface area contributed by atoms with Crippen LogP contribution in [0.15, 0.2) is 48.7 Å². The number of carbonyl (C=O) groups is 2. The maximum Gasteiger partial charge on any atom is 0.342 e. The molecule has 3 aromatic rings. The zero-order chi connectivity index (χ0) is 17.1. The Morgan fingerprint density at radius 3 is 2.71 bits per heavy atom. The highest BCUT2D eigenvalue weighted by Gasteiger charge is 2.18. The summed E-state index contributed by atoms with van der Waals surface area (Å²) in [6.45, 7) is -0.365. The van der Waals surface area contributed by atoms with Gasteiger partial charge in [-0.1, -0.05) is 29.8 Å². The number of H-pyrrole nitrogens is 1. The topological polar surface area (TPSA) is 68.4 Å². The number of benzene rings is 2. The molecule has 0 saturated heterocycles. The molecule has 24 heavy (non-hydrogen) atoms. The molecule has 0 aliphatic carbocycles. The molecule has 122 valence electrons. The molecule has 1 heterocycles. The van der Waals surface area contributed by atoms with Crippen LogP contribution in [0.5, 0.6) is 5.75 Å². The molecular weight excluding hydrogens is 330 g/mol. The Morgan fingerprint density at radius 2 is 1.92 bits per heavy atom. The third kappa shape index (κ3) is 3.12. The number of methoxy groups -OCH3 is 1. The number of aromatic nitrogens is 1. The smallest absolute Gasteiger partial charge is 0.342 e. The zero-order valence-electron chi connectivity index (χ0n) is 12.8. The molecule has 0 radical (unpaired) electrons. The van der Waals surface area contributed by atoms with Crippen LogP contribution in [-0.2, 0) is 4.74 Å². The van der Waals surface area contributed by atoms with E-state index >= 15 is 0 Å². The molecule has 0 saturated carbocycles. The predicted molar refractivity (Wildman–Crippen MR) is 90.9 cm³/mol. The highest BCUT2D eigenvalue weighted by Crippen LogP contribution is 2.24. The van der Waals surface area contributed by atoms with Crippen LogP contribution in [0.1, 0.15) is 20.7 Å². The van der Waals surface area contributed by atoms with E-state index in [-0.39, 0.29) is 18.0 Å². The minimum absolute atomic E-state index is 0.178. The summed E-state index contributed by atoms with van der Waals surface area (Å²) >= 11 is 5.89. The molecule has 6 heteroatoms. The van der Waals surface area contributed by atoms with Crippen LogP contribution in [0.25, 0.3) is 10.9 Å². The number of ketones is 1. The lowest BCUT2D eigenvalue weighted by atomic mass is 10.1. The molecule has 0 atom stereocenters. The van der Waals surface area contributed by atoms with Crippen molar-refractivity contribution >= 4 is 34.3 Å². The number of hydrogen-bond acceptors (Lipinski definition) is 4. The average molecular weight is 344 g/mol. The number of nitrogens with one attached hydrogen (secondary N) is 1. The van der Waals surface area contributed by atoms with Crippen LogP contribution < -0.4 is 4.74 Å². The molecule has 0 spiro atoms. The Morgan fingerprint density at radius 1 is 1.12 bits per heavy atom. The lowest BCUT2D eigenvalue weighted by molar-refractivity contribution is 0.0472. The zero-order valence-corrected chi connectivity index (χ0v) is 13.6. The van der Waals surface area contributed by atoms with Crippen LogP contribution >= 0.6 is 11.6 Å². The standard InChI is InChI=1S/C18H14ClNO4/c1-23-17-7-6-11(19)8-13(17)18(22)24-10-16(21)14-9-20-15-5-3-2-4-12(14)15/h2-9,20H,10H2,1H3. The van der Waals surface area contributed by atoms with Gasteiger partial charge in [-0.15, -0.1) is 0 Å². The SMILES string of the molecule is COc1ccc(Cl)cc1C(=O)OCC(=O)c1c[nH]c2ccccc12. The van der Waals surface area contributed by atoms with Gasteiger partial charge >= 0.3 is 5.97 Å². The van der Waals surface area contributed by atoms with Gasteiger partial charge in [0.05, 0.1) is 7.11 Å². The normalized spacial score (nSPS) is 10.6. The Labute approximate surface area is 143 Å². The number of hydrogen-bond donors (Lipinski definition) is 1. The largest absolute Gasteiger partial charge is 0.496 e. The molecule has 0 aliphatic heterocycles. The van der Waals surface area contributed by atoms with Gasteiger partial charge in [0, 0.05) is 27.7 Å². The maximum atomic E-state index is 12.3. The van der Waals surface area contributed by atoms with E-state index in [1.165, 1.54) is 13.2 Å². The monoisotopic (exact) mass is 343 g/mol. The van der Waals surface area contributed by atoms with Crippen molar-refractivity contribution in [3.63, 3.8) is 0 Å². The summed E-state index contributed by atoms with van der Waals surface area (Å²) in [6.07, 6.45) is 1.61. The van der Waals surface area contributed by atoms with Crippen molar-refractivity contribution in [1.82, 2.24) is 4.98 Å². The van der Waals surface area contributed by atoms with Gasteiger partial charge in [0.15, 0.2) is 6.61 Å². The second kappa shape index (κ2) is 6.76. The summed E-state index contributed by atoms with van der Waals surface area (Å²) in [4.78, 5) is 27.5. The van der Waals surface area contributed by atoms with E-state index in [0.29, 0.717) is 16.3 Å². The summed E-state index contributed by atoms with van der Waals surface area (Å²) in [5, 5.41) is 1.17. The number of para-hydroxylation sites is 1. The molecule has 0 aliphatic rings. The summed E-state index contributed by atoms with van der Waals surface area (Å²) in [5.41, 5.74) is 1.51. The van der Waals surface area contributed by atoms with E-state index in [1.807, 2.05) is 24.3 Å². The van der Waals surface area contributed by atoms with Gasteiger partial charge in [0.1, 0.15) is 11.3 Å². The number of ether oxygens (including phenoxy) is 2. The third-order valence-corrected chi connectivity index (χ3v) is 3.84. The van der Waals surface area contributed by atoms with Crippen molar-refractivity contribution in [3.8, 4) is 5.75 Å². The first-order valence-corrected chi connectivity index (χ1v) is 7.58. The second-order valence-corrected chi connectivity index (χ2v) is 5.53. The van der Waals surface area contributed by atoms with Gasteiger partial charge < -0.3 is 14.5 Å². The number of rotatable bonds is 5. The fraction of sp³-hybridized carbons (Fsp3) is 0.111. The van der Waals surface area contributed by atoms with E-state index in [4.69, 9.17) is 21.1 Å². The number of aromatic amines is 1. The van der Waals surface area contributed by atoms with Gasteiger partial charge in [-0.3, -0.25) is 4.79 Å². The van der Waals surface area contributed by atoms with Crippen molar-refractivity contribution in [2.24, 2.45) is 0 Å². The van der Waals surface area contributed by atoms with E-state index in [1.54, 1.807) is 18.3 Å². The molecule has 2 aromatic carbocycles. The van der Waals surface area contributed by atoms with Crippen molar-refractivity contribution < 1.29 is 19.1 Å². The molecule has 1 aromatic heterocycles. The molecule has 3 rings (SSSR count). The molecule has 5 nitrogen and oxygen atoms in total. The van der Waals surface area contributed by atoms with Gasteiger partial charge in [0.2, 0.25) is 5.78 Å². The van der Waals surface area contributed by atoms with E-state index in [0.717, 1.165) is 10.9 Å². The quantitative estimate of drug-likeness (QED) is 0.564. The number of fused-ring (bicyclic) bond motifs is 1. The Bertz CT molecular complexity index is 916. The first-order valence-electron chi connectivity index (χ1n) is 7.20. The maximum absolute atomic E-state index is 12.3. The van der Waals surface area contributed by atoms with Gasteiger partial charge in [-0.2, -0.15) is 0 Å². The van der Waals surface area contributed by atoms with Crippen LogP contribution in [0, 0.1) is 0 Å². The van der Waals surface area contributed by atoms with Crippen molar-refractivity contribution in [1.29, 1.82) is 0 Å². The Hall–Kier alpha value is -2.79. The van der Waals surface area contributed by atoms with Crippen LogP contribution in [0.3, 0.4) is 0 Å².